The van der Waals surface area contributed by atoms with Gasteiger partial charge in [-0.2, -0.15) is 31.4 Å². The van der Waals surface area contributed by atoms with Crippen LogP contribution >= 0.6 is 0 Å². The van der Waals surface area contributed by atoms with Gasteiger partial charge in [-0.3, -0.25) is 4.79 Å². The van der Waals surface area contributed by atoms with Crippen LogP contribution in [0, 0.1) is 0 Å². The summed E-state index contributed by atoms with van der Waals surface area (Å²) in [6.07, 6.45) is -7.28. The van der Waals surface area contributed by atoms with E-state index in [2.05, 4.69) is 15.7 Å². The molecule has 2 unspecified atom stereocenters. The second kappa shape index (κ2) is 11.4. The Morgan fingerprint density at radius 1 is 0.884 bits per heavy atom. The molecule has 4 aromatic rings. The summed E-state index contributed by atoms with van der Waals surface area (Å²) in [6, 6.07) is 18.0. The van der Waals surface area contributed by atoms with Crippen molar-refractivity contribution < 1.29 is 31.1 Å². The number of carbonyl (C=O) groups is 1. The zero-order valence-corrected chi connectivity index (χ0v) is 23.4. The molecule has 1 aliphatic heterocycles. The van der Waals surface area contributed by atoms with E-state index in [9.17, 15) is 31.1 Å². The van der Waals surface area contributed by atoms with E-state index in [1.807, 2.05) is 13.8 Å². The van der Waals surface area contributed by atoms with Crippen molar-refractivity contribution in [2.75, 3.05) is 5.32 Å². The number of fused-ring (bicyclic) bond motifs is 1. The van der Waals surface area contributed by atoms with Crippen molar-refractivity contribution in [1.82, 2.24) is 15.1 Å². The second-order valence-corrected chi connectivity index (χ2v) is 10.7. The van der Waals surface area contributed by atoms with Gasteiger partial charge in [-0.15, -0.1) is 0 Å². The zero-order chi connectivity index (χ0) is 31.0. The smallest absolute Gasteiger partial charge is 0.363 e. The number of carbonyl (C=O) groups excluding carboxylic acids is 1. The Hall–Kier alpha value is -4.28. The first-order valence-electron chi connectivity index (χ1n) is 13.9. The van der Waals surface area contributed by atoms with Crippen LogP contribution in [0.25, 0.3) is 11.1 Å². The molecule has 2 atom stereocenters. The molecule has 0 saturated heterocycles. The Kier molecular flexibility index (Phi) is 8.02. The molecule has 5 nitrogen and oxygen atoms in total. The van der Waals surface area contributed by atoms with Gasteiger partial charge >= 0.3 is 12.4 Å². The van der Waals surface area contributed by atoms with Gasteiger partial charge in [-0.05, 0) is 47.2 Å². The fourth-order valence-corrected chi connectivity index (χ4v) is 5.68. The van der Waals surface area contributed by atoms with Crippen molar-refractivity contribution in [2.24, 2.45) is 0 Å². The summed E-state index contributed by atoms with van der Waals surface area (Å²) in [5, 5.41) is 10.1. The van der Waals surface area contributed by atoms with Crippen LogP contribution in [0.2, 0.25) is 0 Å². The molecule has 0 radical (unpaired) electrons. The monoisotopic (exact) mass is 600 g/mol. The number of nitrogens with zero attached hydrogens (tertiary/aromatic N) is 2. The predicted molar refractivity (Wildman–Crippen MR) is 151 cm³/mol. The lowest BCUT2D eigenvalue weighted by Crippen LogP contribution is -2.45. The first-order valence-corrected chi connectivity index (χ1v) is 13.9. The molecule has 0 aliphatic carbocycles. The number of nitrogens with one attached hydrogen (secondary N) is 2. The van der Waals surface area contributed by atoms with E-state index in [0.717, 1.165) is 23.0 Å². The molecular weight excluding hydrogens is 570 g/mol. The fourth-order valence-electron chi connectivity index (χ4n) is 5.68. The van der Waals surface area contributed by atoms with Crippen molar-refractivity contribution in [3.8, 4) is 11.1 Å². The quantitative estimate of drug-likeness (QED) is 0.209. The fraction of sp³-hybridized carbons (Fsp3) is 0.312. The average Bonchev–Trinajstić information content (AvgIpc) is 3.43. The minimum atomic E-state index is -4.58. The number of hydrogen-bond acceptors (Lipinski definition) is 3. The third-order valence-electron chi connectivity index (χ3n) is 8.21. The maximum absolute atomic E-state index is 14.1. The van der Waals surface area contributed by atoms with Gasteiger partial charge in [-0.1, -0.05) is 80.6 Å². The Labute approximate surface area is 244 Å². The summed E-state index contributed by atoms with van der Waals surface area (Å²) in [6.45, 7) is 3.75. The highest BCUT2D eigenvalue weighted by molar-refractivity contribution is 5.99. The van der Waals surface area contributed by atoms with Crippen LogP contribution in [0.15, 0.2) is 85.1 Å². The molecule has 2 N–H and O–H groups in total. The Morgan fingerprint density at radius 2 is 1.56 bits per heavy atom. The maximum atomic E-state index is 14.1. The number of aromatic nitrogens is 2. The number of benzene rings is 3. The Bertz CT molecular complexity index is 1570. The minimum absolute atomic E-state index is 0.0123. The molecule has 2 heterocycles. The number of anilines is 1. The van der Waals surface area contributed by atoms with E-state index in [-0.39, 0.29) is 17.8 Å². The number of amides is 1. The van der Waals surface area contributed by atoms with Crippen LogP contribution in [0.4, 0.5) is 32.2 Å². The van der Waals surface area contributed by atoms with Crippen LogP contribution in [-0.2, 0) is 11.7 Å². The molecular formula is C32H30F6N4O. The summed E-state index contributed by atoms with van der Waals surface area (Å²) in [7, 11) is 0. The highest BCUT2D eigenvalue weighted by Gasteiger charge is 2.47. The van der Waals surface area contributed by atoms with Crippen LogP contribution in [0.1, 0.15) is 72.2 Å². The van der Waals surface area contributed by atoms with E-state index in [1.54, 1.807) is 60.7 Å². The summed E-state index contributed by atoms with van der Waals surface area (Å²) < 4.78 is 82.8. The van der Waals surface area contributed by atoms with E-state index in [1.165, 1.54) is 6.07 Å². The highest BCUT2D eigenvalue weighted by Crippen LogP contribution is 2.44. The molecule has 11 heteroatoms. The number of halogens is 6. The number of alkyl halides is 6. The molecule has 43 heavy (non-hydrogen) atoms. The largest absolute Gasteiger partial charge is 0.416 e. The molecule has 1 amide bonds. The topological polar surface area (TPSA) is 59.0 Å². The van der Waals surface area contributed by atoms with Gasteiger partial charge in [0.2, 0.25) is 0 Å². The van der Waals surface area contributed by atoms with Gasteiger partial charge < -0.3 is 10.6 Å². The summed E-state index contributed by atoms with van der Waals surface area (Å²) in [5.41, 5.74) is 0.685. The van der Waals surface area contributed by atoms with E-state index >= 15 is 0 Å². The standard InChI is InChI=1S/C32H30F6N4O/c1-3-30(4-2,23-15-13-20(14-16-23)22-11-8-12-24(17-22)31(33,34)35)41-29(43)25-19-39-42-27(32(36,37)38)18-26(40-28(25)42)21-9-6-5-7-10-21/h5-17,19,26-27,40H,3-4,18H2,1-2H3,(H,41,43). The molecule has 1 aromatic heterocycles. The van der Waals surface area contributed by atoms with Gasteiger partial charge in [0.15, 0.2) is 6.04 Å². The van der Waals surface area contributed by atoms with E-state index in [4.69, 9.17) is 0 Å². The van der Waals surface area contributed by atoms with Gasteiger partial charge in [0, 0.05) is 6.42 Å². The van der Waals surface area contributed by atoms with Gasteiger partial charge in [-0.25, -0.2) is 4.68 Å². The summed E-state index contributed by atoms with van der Waals surface area (Å²) in [5.74, 6) is -0.602. The first kappa shape index (κ1) is 30.2. The van der Waals surface area contributed by atoms with Crippen molar-refractivity contribution in [2.45, 2.75) is 63.1 Å². The molecule has 3 aromatic carbocycles. The third-order valence-corrected chi connectivity index (χ3v) is 8.21. The molecule has 1 aliphatic rings. The summed E-state index contributed by atoms with van der Waals surface area (Å²) >= 11 is 0. The van der Waals surface area contributed by atoms with Crippen molar-refractivity contribution >= 4 is 11.7 Å². The van der Waals surface area contributed by atoms with Crippen molar-refractivity contribution in [3.05, 3.63) is 107 Å². The van der Waals surface area contributed by atoms with E-state index in [0.29, 0.717) is 35.1 Å². The third kappa shape index (κ3) is 5.98. The summed E-state index contributed by atoms with van der Waals surface area (Å²) in [4.78, 5) is 13.7. The van der Waals surface area contributed by atoms with E-state index < -0.39 is 41.4 Å². The van der Waals surface area contributed by atoms with Crippen LogP contribution in [0.5, 0.6) is 0 Å². The molecule has 5 rings (SSSR count). The Morgan fingerprint density at radius 3 is 2.16 bits per heavy atom. The average molecular weight is 601 g/mol. The van der Waals surface area contributed by atoms with Crippen LogP contribution < -0.4 is 10.6 Å². The SMILES string of the molecule is CCC(CC)(NC(=O)c1cnn2c1NC(c1ccccc1)CC2C(F)(F)F)c1ccc(-c2cccc(C(F)(F)F)c2)cc1. The number of rotatable bonds is 7. The van der Waals surface area contributed by atoms with Crippen LogP contribution in [-0.4, -0.2) is 21.9 Å². The lowest BCUT2D eigenvalue weighted by atomic mass is 9.83. The lowest BCUT2D eigenvalue weighted by Gasteiger charge is -2.35. The molecule has 0 bridgehead atoms. The van der Waals surface area contributed by atoms with Gasteiger partial charge in [0.05, 0.1) is 23.3 Å². The normalized spacial score (nSPS) is 17.2. The van der Waals surface area contributed by atoms with Crippen molar-refractivity contribution in [1.29, 1.82) is 0 Å². The second-order valence-electron chi connectivity index (χ2n) is 10.7. The molecule has 226 valence electrons. The highest BCUT2D eigenvalue weighted by atomic mass is 19.4. The maximum Gasteiger partial charge on any atom is 0.416 e. The van der Waals surface area contributed by atoms with Crippen molar-refractivity contribution in [3.63, 3.8) is 0 Å². The zero-order valence-electron chi connectivity index (χ0n) is 23.4. The Balaban J connectivity index is 1.44. The lowest BCUT2D eigenvalue weighted by molar-refractivity contribution is -0.173. The predicted octanol–water partition coefficient (Wildman–Crippen LogP) is 8.67. The van der Waals surface area contributed by atoms with Gasteiger partial charge in [0.25, 0.3) is 5.91 Å². The number of hydrogen-bond donors (Lipinski definition) is 2. The first-order chi connectivity index (χ1) is 20.4. The van der Waals surface area contributed by atoms with Crippen LogP contribution in [0.3, 0.4) is 0 Å². The van der Waals surface area contributed by atoms with Gasteiger partial charge in [0.1, 0.15) is 11.4 Å². The molecule has 0 fully saturated rings. The molecule has 0 saturated carbocycles. The minimum Gasteiger partial charge on any atom is -0.363 e. The molecule has 0 spiro atoms.